The van der Waals surface area contributed by atoms with Crippen molar-refractivity contribution in [1.29, 1.82) is 0 Å². The van der Waals surface area contributed by atoms with Gasteiger partial charge in [-0.3, -0.25) is 0 Å². The second-order valence-corrected chi connectivity index (χ2v) is 6.99. The fourth-order valence-electron chi connectivity index (χ4n) is 3.26. The Morgan fingerprint density at radius 2 is 1.95 bits per heavy atom. The van der Waals surface area contributed by atoms with Crippen LogP contribution in [0.3, 0.4) is 0 Å². The van der Waals surface area contributed by atoms with E-state index < -0.39 is 6.10 Å². The fourth-order valence-corrected chi connectivity index (χ4v) is 3.26. The van der Waals surface area contributed by atoms with E-state index in [0.29, 0.717) is 25.2 Å². The van der Waals surface area contributed by atoms with Gasteiger partial charge >= 0.3 is 0 Å². The minimum absolute atomic E-state index is 0.104. The molecule has 0 spiro atoms. The average Bonchev–Trinajstić information content (AvgIpc) is 2.43. The molecule has 0 aliphatic heterocycles. The van der Waals surface area contributed by atoms with E-state index in [-0.39, 0.29) is 5.54 Å². The maximum absolute atomic E-state index is 10.1. The second kappa shape index (κ2) is 9.01. The smallest absolute Gasteiger partial charge is 0.0898 e. The lowest BCUT2D eigenvalue weighted by Gasteiger charge is -2.32. The van der Waals surface area contributed by atoms with Gasteiger partial charge < -0.3 is 15.2 Å². The van der Waals surface area contributed by atoms with Crippen molar-refractivity contribution in [2.24, 2.45) is 5.92 Å². The molecule has 1 rings (SSSR count). The topological polar surface area (TPSA) is 41.5 Å². The minimum atomic E-state index is -0.398. The molecule has 3 heteroatoms. The van der Waals surface area contributed by atoms with E-state index in [1.54, 1.807) is 0 Å². The quantitative estimate of drug-likeness (QED) is 0.681. The van der Waals surface area contributed by atoms with E-state index in [1.807, 2.05) is 0 Å². The summed E-state index contributed by atoms with van der Waals surface area (Å²) in [5.74, 6) is 0.695. The molecule has 1 saturated carbocycles. The highest BCUT2D eigenvalue weighted by Gasteiger charge is 2.25. The van der Waals surface area contributed by atoms with Crippen molar-refractivity contribution in [3.63, 3.8) is 0 Å². The molecule has 20 heavy (non-hydrogen) atoms. The molecule has 0 aromatic heterocycles. The van der Waals surface area contributed by atoms with Crippen LogP contribution in [0.4, 0.5) is 0 Å². The molecular formula is C17H35NO2. The number of hydrogen-bond donors (Lipinski definition) is 2. The second-order valence-electron chi connectivity index (χ2n) is 6.99. The first-order chi connectivity index (χ1) is 9.48. The first-order valence-electron chi connectivity index (χ1n) is 8.53. The van der Waals surface area contributed by atoms with Gasteiger partial charge in [-0.15, -0.1) is 0 Å². The van der Waals surface area contributed by atoms with Gasteiger partial charge in [-0.05, 0) is 39.0 Å². The van der Waals surface area contributed by atoms with Crippen LogP contribution in [0.2, 0.25) is 0 Å². The highest BCUT2D eigenvalue weighted by molar-refractivity contribution is 4.79. The Morgan fingerprint density at radius 3 is 2.60 bits per heavy atom. The van der Waals surface area contributed by atoms with Crippen LogP contribution in [0, 0.1) is 5.92 Å². The zero-order valence-corrected chi connectivity index (χ0v) is 14.0. The van der Waals surface area contributed by atoms with Gasteiger partial charge in [-0.25, -0.2) is 0 Å². The Balaban J connectivity index is 2.23. The lowest BCUT2D eigenvalue weighted by molar-refractivity contribution is -0.0510. The summed E-state index contributed by atoms with van der Waals surface area (Å²) in [7, 11) is 0. The molecule has 0 radical (unpaired) electrons. The van der Waals surface area contributed by atoms with Gasteiger partial charge in [0.05, 0.1) is 18.8 Å². The normalized spacial score (nSPS) is 25.6. The molecule has 0 saturated heterocycles. The van der Waals surface area contributed by atoms with Gasteiger partial charge in [0.1, 0.15) is 0 Å². The third kappa shape index (κ3) is 6.55. The van der Waals surface area contributed by atoms with Gasteiger partial charge in [-0.2, -0.15) is 0 Å². The Bertz CT molecular complexity index is 255. The monoisotopic (exact) mass is 285 g/mol. The standard InChI is InChI=1S/C17H35NO2/c1-5-11-17(3,4)18-12-15(19)13-20-16-10-8-7-9-14(16)6-2/h14-16,18-19H,5-13H2,1-4H3. The summed E-state index contributed by atoms with van der Waals surface area (Å²) < 4.78 is 5.98. The molecule has 3 nitrogen and oxygen atoms in total. The summed E-state index contributed by atoms with van der Waals surface area (Å²) in [4.78, 5) is 0. The third-order valence-electron chi connectivity index (χ3n) is 4.56. The zero-order valence-electron chi connectivity index (χ0n) is 14.0. The van der Waals surface area contributed by atoms with Crippen LogP contribution in [0.25, 0.3) is 0 Å². The fraction of sp³-hybridized carbons (Fsp3) is 1.00. The van der Waals surface area contributed by atoms with Crippen molar-refractivity contribution in [2.75, 3.05) is 13.2 Å². The molecule has 1 fully saturated rings. The lowest BCUT2D eigenvalue weighted by Crippen LogP contribution is -2.44. The van der Waals surface area contributed by atoms with E-state index >= 15 is 0 Å². The largest absolute Gasteiger partial charge is 0.389 e. The van der Waals surface area contributed by atoms with Crippen LogP contribution >= 0.6 is 0 Å². The van der Waals surface area contributed by atoms with E-state index in [4.69, 9.17) is 4.74 Å². The first-order valence-corrected chi connectivity index (χ1v) is 8.53. The number of ether oxygens (including phenoxy) is 1. The highest BCUT2D eigenvalue weighted by Crippen LogP contribution is 2.29. The van der Waals surface area contributed by atoms with Crippen molar-refractivity contribution in [2.45, 2.75) is 90.4 Å². The molecule has 120 valence electrons. The highest BCUT2D eigenvalue weighted by atomic mass is 16.5. The minimum Gasteiger partial charge on any atom is -0.389 e. The average molecular weight is 285 g/mol. The van der Waals surface area contributed by atoms with Gasteiger partial charge in [0.15, 0.2) is 0 Å². The third-order valence-corrected chi connectivity index (χ3v) is 4.56. The van der Waals surface area contributed by atoms with E-state index in [0.717, 1.165) is 12.8 Å². The van der Waals surface area contributed by atoms with Crippen LogP contribution < -0.4 is 5.32 Å². The van der Waals surface area contributed by atoms with Crippen LogP contribution in [0.5, 0.6) is 0 Å². The predicted molar refractivity (Wildman–Crippen MR) is 85.0 cm³/mol. The van der Waals surface area contributed by atoms with Crippen molar-refractivity contribution in [1.82, 2.24) is 5.32 Å². The van der Waals surface area contributed by atoms with E-state index in [9.17, 15) is 5.11 Å². The number of β-amino-alcohol motifs (C(OH)–C–C–N with tert-alkyl or cyclic N) is 1. The van der Waals surface area contributed by atoms with E-state index in [2.05, 4.69) is 33.0 Å². The lowest BCUT2D eigenvalue weighted by atomic mass is 9.85. The first kappa shape index (κ1) is 17.9. The molecule has 3 unspecified atom stereocenters. The summed E-state index contributed by atoms with van der Waals surface area (Å²) in [6.45, 7) is 9.91. The van der Waals surface area contributed by atoms with Crippen molar-refractivity contribution < 1.29 is 9.84 Å². The Hall–Kier alpha value is -0.120. The maximum Gasteiger partial charge on any atom is 0.0898 e. The molecule has 0 bridgehead atoms. The number of rotatable bonds is 9. The van der Waals surface area contributed by atoms with Crippen LogP contribution in [0.1, 0.15) is 72.6 Å². The molecule has 0 aromatic carbocycles. The number of nitrogens with one attached hydrogen (secondary N) is 1. The van der Waals surface area contributed by atoms with Crippen molar-refractivity contribution in [3.05, 3.63) is 0 Å². The number of hydrogen-bond acceptors (Lipinski definition) is 3. The summed E-state index contributed by atoms with van der Waals surface area (Å²) in [6, 6.07) is 0. The van der Waals surface area contributed by atoms with Crippen molar-refractivity contribution in [3.8, 4) is 0 Å². The number of aliphatic hydroxyl groups excluding tert-OH is 1. The van der Waals surface area contributed by atoms with Gasteiger partial charge in [-0.1, -0.05) is 39.5 Å². The molecule has 1 aliphatic carbocycles. The summed E-state index contributed by atoms with van der Waals surface area (Å²) >= 11 is 0. The summed E-state index contributed by atoms with van der Waals surface area (Å²) in [5.41, 5.74) is 0.104. The molecule has 0 amide bonds. The number of aliphatic hydroxyl groups is 1. The Labute approximate surface area is 125 Å². The maximum atomic E-state index is 10.1. The van der Waals surface area contributed by atoms with Crippen LogP contribution in [-0.2, 0) is 4.74 Å². The molecular weight excluding hydrogens is 250 g/mol. The van der Waals surface area contributed by atoms with Crippen LogP contribution in [-0.4, -0.2) is 36.0 Å². The SMILES string of the molecule is CCCC(C)(C)NCC(O)COC1CCCCC1CC. The zero-order chi connectivity index (χ0) is 15.0. The Kier molecular flexibility index (Phi) is 8.08. The Morgan fingerprint density at radius 1 is 1.25 bits per heavy atom. The molecule has 2 N–H and O–H groups in total. The molecule has 0 aromatic rings. The summed E-state index contributed by atoms with van der Waals surface area (Å²) in [5, 5.41) is 13.5. The van der Waals surface area contributed by atoms with E-state index in [1.165, 1.54) is 32.1 Å². The molecule has 1 aliphatic rings. The van der Waals surface area contributed by atoms with Gasteiger partial charge in [0, 0.05) is 12.1 Å². The van der Waals surface area contributed by atoms with Crippen molar-refractivity contribution >= 4 is 0 Å². The summed E-state index contributed by atoms with van der Waals surface area (Å²) in [6.07, 6.45) is 8.53. The molecule has 0 heterocycles. The van der Waals surface area contributed by atoms with Crippen LogP contribution in [0.15, 0.2) is 0 Å². The molecule has 3 atom stereocenters. The predicted octanol–water partition coefficient (Wildman–Crippen LogP) is 3.50. The van der Waals surface area contributed by atoms with Gasteiger partial charge in [0.25, 0.3) is 0 Å². The van der Waals surface area contributed by atoms with Gasteiger partial charge in [0.2, 0.25) is 0 Å².